The van der Waals surface area contributed by atoms with Crippen molar-refractivity contribution < 1.29 is 5.11 Å². The standard InChI is InChI=1S/C9H18N2O/c12-9-6-11(7-9)8-2-1-4-10-5-3-8/h8-10,12H,1-7H2. The zero-order chi connectivity index (χ0) is 8.39. The van der Waals surface area contributed by atoms with Gasteiger partial charge in [0, 0.05) is 19.1 Å². The topological polar surface area (TPSA) is 35.5 Å². The molecule has 0 bridgehead atoms. The minimum Gasteiger partial charge on any atom is -0.390 e. The van der Waals surface area contributed by atoms with Crippen molar-refractivity contribution in [2.24, 2.45) is 0 Å². The van der Waals surface area contributed by atoms with E-state index < -0.39 is 0 Å². The summed E-state index contributed by atoms with van der Waals surface area (Å²) in [5.74, 6) is 0. The first-order chi connectivity index (χ1) is 5.86. The number of nitrogens with zero attached hydrogens (tertiary/aromatic N) is 1. The van der Waals surface area contributed by atoms with E-state index in [1.807, 2.05) is 0 Å². The summed E-state index contributed by atoms with van der Waals surface area (Å²) in [5, 5.41) is 12.6. The zero-order valence-electron chi connectivity index (χ0n) is 7.50. The first kappa shape index (κ1) is 8.48. The predicted octanol–water partition coefficient (Wildman–Crippen LogP) is -0.195. The van der Waals surface area contributed by atoms with Crippen molar-refractivity contribution in [3.8, 4) is 0 Å². The van der Waals surface area contributed by atoms with Crippen molar-refractivity contribution in [2.75, 3.05) is 26.2 Å². The second-order valence-electron chi connectivity index (χ2n) is 3.94. The molecular weight excluding hydrogens is 152 g/mol. The van der Waals surface area contributed by atoms with E-state index >= 15 is 0 Å². The second-order valence-corrected chi connectivity index (χ2v) is 3.94. The van der Waals surface area contributed by atoms with Gasteiger partial charge < -0.3 is 10.4 Å². The van der Waals surface area contributed by atoms with Crippen molar-refractivity contribution in [1.82, 2.24) is 10.2 Å². The van der Waals surface area contributed by atoms with Crippen molar-refractivity contribution in [2.45, 2.75) is 31.4 Å². The molecule has 2 rings (SSSR count). The Hall–Kier alpha value is -0.120. The third-order valence-electron chi connectivity index (χ3n) is 2.95. The van der Waals surface area contributed by atoms with Gasteiger partial charge in [0.25, 0.3) is 0 Å². The van der Waals surface area contributed by atoms with E-state index in [0.29, 0.717) is 0 Å². The molecule has 0 radical (unpaired) electrons. The average molecular weight is 170 g/mol. The SMILES string of the molecule is OC1CN(C2CCCNCC2)C1. The summed E-state index contributed by atoms with van der Waals surface area (Å²) in [6, 6.07) is 0.739. The van der Waals surface area contributed by atoms with Crippen LogP contribution in [0.4, 0.5) is 0 Å². The van der Waals surface area contributed by atoms with Crippen LogP contribution in [0.3, 0.4) is 0 Å². The van der Waals surface area contributed by atoms with Crippen LogP contribution in [0.25, 0.3) is 0 Å². The molecule has 0 spiro atoms. The third kappa shape index (κ3) is 1.79. The molecule has 2 aliphatic heterocycles. The molecule has 2 heterocycles. The number of nitrogens with one attached hydrogen (secondary N) is 1. The first-order valence-corrected chi connectivity index (χ1v) is 4.99. The first-order valence-electron chi connectivity index (χ1n) is 4.99. The summed E-state index contributed by atoms with van der Waals surface area (Å²) in [6.07, 6.45) is 3.81. The Labute approximate surface area is 73.8 Å². The van der Waals surface area contributed by atoms with Crippen molar-refractivity contribution >= 4 is 0 Å². The number of likely N-dealkylation sites (tertiary alicyclic amines) is 1. The molecule has 12 heavy (non-hydrogen) atoms. The summed E-state index contributed by atoms with van der Waals surface area (Å²) in [6.45, 7) is 4.14. The Balaban J connectivity index is 1.78. The van der Waals surface area contributed by atoms with Crippen LogP contribution in [0.5, 0.6) is 0 Å². The maximum absolute atomic E-state index is 9.16. The lowest BCUT2D eigenvalue weighted by Gasteiger charge is -2.41. The molecule has 70 valence electrons. The normalized spacial score (nSPS) is 34.2. The quantitative estimate of drug-likeness (QED) is 0.572. The Kier molecular flexibility index (Phi) is 2.63. The van der Waals surface area contributed by atoms with Crippen LogP contribution in [-0.2, 0) is 0 Å². The lowest BCUT2D eigenvalue weighted by Crippen LogP contribution is -2.55. The smallest absolute Gasteiger partial charge is 0.0794 e. The van der Waals surface area contributed by atoms with Gasteiger partial charge in [-0.25, -0.2) is 0 Å². The van der Waals surface area contributed by atoms with E-state index in [0.717, 1.165) is 25.7 Å². The van der Waals surface area contributed by atoms with Crippen molar-refractivity contribution in [3.63, 3.8) is 0 Å². The molecule has 0 saturated carbocycles. The summed E-state index contributed by atoms with van der Waals surface area (Å²) >= 11 is 0. The van der Waals surface area contributed by atoms with Gasteiger partial charge in [-0.1, -0.05) is 0 Å². The van der Waals surface area contributed by atoms with Crippen molar-refractivity contribution in [1.29, 1.82) is 0 Å². The molecular formula is C9H18N2O. The van der Waals surface area contributed by atoms with E-state index in [-0.39, 0.29) is 6.10 Å². The molecule has 0 amide bonds. The molecule has 0 aromatic heterocycles. The summed E-state index contributed by atoms with van der Waals surface area (Å²) in [5.41, 5.74) is 0. The van der Waals surface area contributed by atoms with E-state index in [9.17, 15) is 0 Å². The fourth-order valence-electron chi connectivity index (χ4n) is 2.15. The van der Waals surface area contributed by atoms with Crippen LogP contribution >= 0.6 is 0 Å². The fraction of sp³-hybridized carbons (Fsp3) is 1.00. The number of rotatable bonds is 1. The van der Waals surface area contributed by atoms with Crippen LogP contribution in [0.2, 0.25) is 0 Å². The Morgan fingerprint density at radius 2 is 2.00 bits per heavy atom. The highest BCUT2D eigenvalue weighted by molar-refractivity contribution is 4.86. The summed E-state index contributed by atoms with van der Waals surface area (Å²) in [4.78, 5) is 2.41. The molecule has 0 aromatic carbocycles. The van der Waals surface area contributed by atoms with Crippen LogP contribution in [-0.4, -0.2) is 48.3 Å². The van der Waals surface area contributed by atoms with E-state index in [1.54, 1.807) is 0 Å². The Morgan fingerprint density at radius 3 is 2.75 bits per heavy atom. The molecule has 2 N–H and O–H groups in total. The molecule has 2 fully saturated rings. The van der Waals surface area contributed by atoms with Crippen LogP contribution in [0.15, 0.2) is 0 Å². The van der Waals surface area contributed by atoms with Crippen LogP contribution in [0, 0.1) is 0 Å². The van der Waals surface area contributed by atoms with Gasteiger partial charge in [-0.15, -0.1) is 0 Å². The lowest BCUT2D eigenvalue weighted by molar-refractivity contribution is -0.0273. The maximum atomic E-state index is 9.16. The molecule has 3 nitrogen and oxygen atoms in total. The molecule has 2 aliphatic rings. The van der Waals surface area contributed by atoms with Crippen LogP contribution in [0.1, 0.15) is 19.3 Å². The van der Waals surface area contributed by atoms with Crippen LogP contribution < -0.4 is 5.32 Å². The lowest BCUT2D eigenvalue weighted by atomic mass is 10.0. The fourth-order valence-corrected chi connectivity index (χ4v) is 2.15. The zero-order valence-corrected chi connectivity index (χ0v) is 7.50. The highest BCUT2D eigenvalue weighted by Gasteiger charge is 2.30. The van der Waals surface area contributed by atoms with Gasteiger partial charge in [-0.3, -0.25) is 4.90 Å². The monoisotopic (exact) mass is 170 g/mol. The molecule has 3 heteroatoms. The predicted molar refractivity (Wildman–Crippen MR) is 48.1 cm³/mol. The average Bonchev–Trinajstić information content (AvgIpc) is 2.26. The van der Waals surface area contributed by atoms with E-state index in [2.05, 4.69) is 10.2 Å². The molecule has 1 unspecified atom stereocenters. The molecule has 2 saturated heterocycles. The van der Waals surface area contributed by atoms with Crippen molar-refractivity contribution in [3.05, 3.63) is 0 Å². The highest BCUT2D eigenvalue weighted by Crippen LogP contribution is 2.19. The molecule has 1 atom stereocenters. The van der Waals surface area contributed by atoms with Gasteiger partial charge in [-0.2, -0.15) is 0 Å². The molecule has 0 aliphatic carbocycles. The van der Waals surface area contributed by atoms with E-state index in [1.165, 1.54) is 25.8 Å². The third-order valence-corrected chi connectivity index (χ3v) is 2.95. The number of aliphatic hydroxyl groups excluding tert-OH is 1. The number of hydrogen-bond acceptors (Lipinski definition) is 3. The van der Waals surface area contributed by atoms with Gasteiger partial charge in [0.05, 0.1) is 6.10 Å². The minimum absolute atomic E-state index is 0.0405. The summed E-state index contributed by atoms with van der Waals surface area (Å²) in [7, 11) is 0. The minimum atomic E-state index is -0.0405. The number of β-amino-alcohol motifs (C(OH)–C–C–N with tert-alkyl or cyclic N) is 1. The Morgan fingerprint density at radius 1 is 1.17 bits per heavy atom. The van der Waals surface area contributed by atoms with Gasteiger partial charge in [-0.05, 0) is 32.4 Å². The van der Waals surface area contributed by atoms with Gasteiger partial charge in [0.15, 0.2) is 0 Å². The largest absolute Gasteiger partial charge is 0.390 e. The van der Waals surface area contributed by atoms with E-state index in [4.69, 9.17) is 5.11 Å². The number of aliphatic hydroxyl groups is 1. The number of hydrogen-bond donors (Lipinski definition) is 2. The van der Waals surface area contributed by atoms with Gasteiger partial charge >= 0.3 is 0 Å². The molecule has 0 aromatic rings. The Bertz CT molecular complexity index is 137. The second kappa shape index (κ2) is 3.73. The van der Waals surface area contributed by atoms with Gasteiger partial charge in [0.1, 0.15) is 0 Å². The van der Waals surface area contributed by atoms with Gasteiger partial charge in [0.2, 0.25) is 0 Å². The highest BCUT2D eigenvalue weighted by atomic mass is 16.3. The maximum Gasteiger partial charge on any atom is 0.0794 e. The summed E-state index contributed by atoms with van der Waals surface area (Å²) < 4.78 is 0.